The van der Waals surface area contributed by atoms with Crippen LogP contribution in [0, 0.1) is 0 Å². The molecule has 100 valence electrons. The van der Waals surface area contributed by atoms with Gasteiger partial charge in [-0.3, -0.25) is 9.69 Å². The fraction of sp³-hybridized carbons (Fsp3) is 0.923. The van der Waals surface area contributed by atoms with Crippen LogP contribution in [0.4, 0.5) is 0 Å². The summed E-state index contributed by atoms with van der Waals surface area (Å²) in [7, 11) is 0. The highest BCUT2D eigenvalue weighted by atomic mass is 16.4. The molecule has 0 aromatic heterocycles. The molecule has 1 rings (SSSR count). The number of aliphatic carboxylic acids is 1. The van der Waals surface area contributed by atoms with Gasteiger partial charge in [0.05, 0.1) is 0 Å². The Morgan fingerprint density at radius 3 is 2.53 bits per heavy atom. The number of carboxylic acid groups (broad SMARTS) is 1. The van der Waals surface area contributed by atoms with Crippen molar-refractivity contribution in [1.29, 1.82) is 0 Å². The highest BCUT2D eigenvalue weighted by Gasteiger charge is 2.42. The van der Waals surface area contributed by atoms with Gasteiger partial charge in [-0.05, 0) is 41.0 Å². The Kier molecular flexibility index (Phi) is 4.20. The smallest absolute Gasteiger partial charge is 0.303 e. The van der Waals surface area contributed by atoms with Gasteiger partial charge < -0.3 is 10.4 Å². The maximum Gasteiger partial charge on any atom is 0.303 e. The van der Waals surface area contributed by atoms with E-state index in [0.29, 0.717) is 12.5 Å². The molecule has 0 aliphatic carbocycles. The second kappa shape index (κ2) is 4.94. The van der Waals surface area contributed by atoms with Gasteiger partial charge in [-0.1, -0.05) is 0 Å². The topological polar surface area (TPSA) is 52.6 Å². The molecule has 0 spiro atoms. The van der Waals surface area contributed by atoms with Gasteiger partial charge in [0.25, 0.3) is 0 Å². The lowest BCUT2D eigenvalue weighted by atomic mass is 9.87. The molecular weight excluding hydrogens is 216 g/mol. The molecule has 0 aromatic carbocycles. The van der Waals surface area contributed by atoms with Gasteiger partial charge in [-0.25, -0.2) is 0 Å². The number of nitrogens with zero attached hydrogens (tertiary/aromatic N) is 1. The SMILES string of the molecule is CC(C)(C)N1C(CCC(=O)O)CNCC1(C)C. The van der Waals surface area contributed by atoms with Gasteiger partial charge in [0, 0.05) is 36.6 Å². The Balaban J connectivity index is 2.82. The average molecular weight is 242 g/mol. The Morgan fingerprint density at radius 2 is 2.06 bits per heavy atom. The molecule has 1 aliphatic heterocycles. The molecule has 0 saturated carbocycles. The van der Waals surface area contributed by atoms with Gasteiger partial charge in [-0.2, -0.15) is 0 Å². The Bertz CT molecular complexity index is 282. The van der Waals surface area contributed by atoms with E-state index in [2.05, 4.69) is 44.8 Å². The minimum atomic E-state index is -0.706. The number of hydrogen-bond acceptors (Lipinski definition) is 3. The van der Waals surface area contributed by atoms with Crippen molar-refractivity contribution >= 4 is 5.97 Å². The minimum Gasteiger partial charge on any atom is -0.481 e. The van der Waals surface area contributed by atoms with Gasteiger partial charge in [-0.15, -0.1) is 0 Å². The van der Waals surface area contributed by atoms with Crippen molar-refractivity contribution in [3.05, 3.63) is 0 Å². The molecule has 1 saturated heterocycles. The molecule has 1 atom stereocenters. The van der Waals surface area contributed by atoms with E-state index in [1.165, 1.54) is 0 Å². The van der Waals surface area contributed by atoms with Crippen LogP contribution < -0.4 is 5.32 Å². The third-order valence-electron chi connectivity index (χ3n) is 3.37. The predicted molar refractivity (Wildman–Crippen MR) is 69.2 cm³/mol. The zero-order chi connectivity index (χ0) is 13.3. The Morgan fingerprint density at radius 1 is 1.47 bits per heavy atom. The summed E-state index contributed by atoms with van der Waals surface area (Å²) in [5.41, 5.74) is 0.133. The van der Waals surface area contributed by atoms with Crippen molar-refractivity contribution in [3.63, 3.8) is 0 Å². The normalized spacial score (nSPS) is 25.8. The molecule has 1 aliphatic rings. The van der Waals surface area contributed by atoms with Crippen LogP contribution in [0.5, 0.6) is 0 Å². The molecule has 17 heavy (non-hydrogen) atoms. The number of rotatable bonds is 3. The molecule has 1 fully saturated rings. The number of nitrogens with one attached hydrogen (secondary N) is 1. The standard InChI is InChI=1S/C13H26N2O2/c1-12(2,3)15-10(6-7-11(16)17)8-14-9-13(15,4)5/h10,14H,6-9H2,1-5H3,(H,16,17). The van der Waals surface area contributed by atoms with Crippen molar-refractivity contribution in [2.45, 2.75) is 64.6 Å². The van der Waals surface area contributed by atoms with Crippen molar-refractivity contribution in [1.82, 2.24) is 10.2 Å². The van der Waals surface area contributed by atoms with E-state index >= 15 is 0 Å². The van der Waals surface area contributed by atoms with Crippen LogP contribution in [0.3, 0.4) is 0 Å². The fourth-order valence-corrected chi connectivity index (χ4v) is 3.19. The molecule has 1 unspecified atom stereocenters. The predicted octanol–water partition coefficient (Wildman–Crippen LogP) is 1.70. The summed E-state index contributed by atoms with van der Waals surface area (Å²) in [6, 6.07) is 0.301. The van der Waals surface area contributed by atoms with E-state index in [9.17, 15) is 4.79 Å². The summed E-state index contributed by atoms with van der Waals surface area (Å²) in [5.74, 6) is -0.706. The highest BCUT2D eigenvalue weighted by molar-refractivity contribution is 5.66. The van der Waals surface area contributed by atoms with Crippen LogP contribution in [0.1, 0.15) is 47.5 Å². The van der Waals surface area contributed by atoms with Gasteiger partial charge in [0.1, 0.15) is 0 Å². The third kappa shape index (κ3) is 3.68. The second-order valence-corrected chi connectivity index (χ2v) is 6.57. The molecule has 0 bridgehead atoms. The largest absolute Gasteiger partial charge is 0.481 e. The lowest BCUT2D eigenvalue weighted by Gasteiger charge is -2.55. The van der Waals surface area contributed by atoms with Crippen LogP contribution in [-0.2, 0) is 4.79 Å². The lowest BCUT2D eigenvalue weighted by Crippen LogP contribution is -2.68. The number of piperazine rings is 1. The maximum absolute atomic E-state index is 10.7. The summed E-state index contributed by atoms with van der Waals surface area (Å²) in [6.45, 7) is 12.9. The molecule has 1 heterocycles. The lowest BCUT2D eigenvalue weighted by molar-refractivity contribution is -0.138. The summed E-state index contributed by atoms with van der Waals surface area (Å²) in [5, 5.41) is 12.2. The van der Waals surface area contributed by atoms with E-state index in [4.69, 9.17) is 5.11 Å². The van der Waals surface area contributed by atoms with Crippen LogP contribution in [0.25, 0.3) is 0 Å². The van der Waals surface area contributed by atoms with Gasteiger partial charge in [0.15, 0.2) is 0 Å². The van der Waals surface area contributed by atoms with E-state index in [1.807, 2.05) is 0 Å². The van der Waals surface area contributed by atoms with Crippen molar-refractivity contribution < 1.29 is 9.90 Å². The summed E-state index contributed by atoms with van der Waals surface area (Å²) in [4.78, 5) is 13.2. The van der Waals surface area contributed by atoms with E-state index in [-0.39, 0.29) is 17.5 Å². The van der Waals surface area contributed by atoms with Gasteiger partial charge >= 0.3 is 5.97 Å². The average Bonchev–Trinajstić information content (AvgIpc) is 2.10. The Labute approximate surface area is 104 Å². The first-order valence-electron chi connectivity index (χ1n) is 6.36. The molecule has 0 radical (unpaired) electrons. The van der Waals surface area contributed by atoms with Crippen LogP contribution in [0.15, 0.2) is 0 Å². The van der Waals surface area contributed by atoms with Crippen LogP contribution in [0.2, 0.25) is 0 Å². The van der Waals surface area contributed by atoms with E-state index in [0.717, 1.165) is 13.1 Å². The minimum absolute atomic E-state index is 0.0643. The highest BCUT2D eigenvalue weighted by Crippen LogP contribution is 2.31. The number of carboxylic acids is 1. The maximum atomic E-state index is 10.7. The molecule has 4 heteroatoms. The molecule has 0 aromatic rings. The van der Waals surface area contributed by atoms with Crippen LogP contribution in [-0.4, -0.2) is 46.2 Å². The van der Waals surface area contributed by atoms with Crippen molar-refractivity contribution in [2.75, 3.05) is 13.1 Å². The second-order valence-electron chi connectivity index (χ2n) is 6.57. The third-order valence-corrected chi connectivity index (χ3v) is 3.37. The fourth-order valence-electron chi connectivity index (χ4n) is 3.19. The Hall–Kier alpha value is -0.610. The van der Waals surface area contributed by atoms with Crippen molar-refractivity contribution in [3.8, 4) is 0 Å². The summed E-state index contributed by atoms with van der Waals surface area (Å²) < 4.78 is 0. The quantitative estimate of drug-likeness (QED) is 0.791. The first-order valence-corrected chi connectivity index (χ1v) is 6.36. The monoisotopic (exact) mass is 242 g/mol. The number of hydrogen-bond donors (Lipinski definition) is 2. The molecule has 4 nitrogen and oxygen atoms in total. The molecule has 0 amide bonds. The van der Waals surface area contributed by atoms with Crippen LogP contribution >= 0.6 is 0 Å². The van der Waals surface area contributed by atoms with Crippen molar-refractivity contribution in [2.24, 2.45) is 0 Å². The van der Waals surface area contributed by atoms with Gasteiger partial charge in [0.2, 0.25) is 0 Å². The van der Waals surface area contributed by atoms with E-state index in [1.54, 1.807) is 0 Å². The molecular formula is C13H26N2O2. The molecule has 2 N–H and O–H groups in total. The zero-order valence-corrected chi connectivity index (χ0v) is 11.7. The zero-order valence-electron chi connectivity index (χ0n) is 11.7. The summed E-state index contributed by atoms with van der Waals surface area (Å²) in [6.07, 6.45) is 0.956. The number of carbonyl (C=O) groups is 1. The summed E-state index contributed by atoms with van der Waals surface area (Å²) >= 11 is 0. The first kappa shape index (κ1) is 14.5. The van der Waals surface area contributed by atoms with E-state index < -0.39 is 5.97 Å². The first-order chi connectivity index (χ1) is 7.64.